The Hall–Kier alpha value is -1.44. The van der Waals surface area contributed by atoms with Gasteiger partial charge in [0.1, 0.15) is 5.75 Å². The zero-order valence-corrected chi connectivity index (χ0v) is 12.7. The number of fused-ring (bicyclic) bond motifs is 1. The van der Waals surface area contributed by atoms with Crippen molar-refractivity contribution in [2.45, 2.75) is 43.9 Å². The van der Waals surface area contributed by atoms with Crippen LogP contribution in [-0.2, 0) is 5.41 Å². The second kappa shape index (κ2) is 4.06. The summed E-state index contributed by atoms with van der Waals surface area (Å²) in [6, 6.07) is 6.46. The van der Waals surface area contributed by atoms with Crippen LogP contribution in [0.5, 0.6) is 5.75 Å². The zero-order valence-electron chi connectivity index (χ0n) is 12.7. The number of benzene rings is 1. The summed E-state index contributed by atoms with van der Waals surface area (Å²) < 4.78 is 5.45. The first-order valence-corrected chi connectivity index (χ1v) is 8.41. The number of hydrogen-bond acceptors (Lipinski definition) is 1. The van der Waals surface area contributed by atoms with Crippen molar-refractivity contribution in [1.29, 1.82) is 0 Å². The number of hydrogen-bond donors (Lipinski definition) is 1. The largest absolute Gasteiger partial charge is 0.497 e. The molecule has 1 heterocycles. The van der Waals surface area contributed by atoms with Crippen LogP contribution in [0.3, 0.4) is 0 Å². The second-order valence-electron chi connectivity index (χ2n) is 7.81. The van der Waals surface area contributed by atoms with E-state index in [1.807, 2.05) is 0 Å². The maximum absolute atomic E-state index is 5.45. The average molecular weight is 281 g/mol. The molecule has 4 bridgehead atoms. The molecule has 6 rings (SSSR count). The first kappa shape index (κ1) is 12.1. The fraction of sp³-hybridized carbons (Fsp3) is 0.579. The smallest absolute Gasteiger partial charge is 0.119 e. The Morgan fingerprint density at radius 2 is 1.71 bits per heavy atom. The molecule has 0 spiro atoms. The third-order valence-corrected chi connectivity index (χ3v) is 6.50. The Labute approximate surface area is 125 Å². The van der Waals surface area contributed by atoms with Crippen LogP contribution in [0, 0.1) is 17.8 Å². The van der Waals surface area contributed by atoms with Crippen molar-refractivity contribution in [2.75, 3.05) is 7.11 Å². The highest BCUT2D eigenvalue weighted by atomic mass is 16.5. The minimum Gasteiger partial charge on any atom is -0.497 e. The minimum atomic E-state index is 0.458. The highest BCUT2D eigenvalue weighted by Gasteiger charge is 2.52. The lowest BCUT2D eigenvalue weighted by Gasteiger charge is -2.57. The van der Waals surface area contributed by atoms with Crippen LogP contribution < -0.4 is 4.74 Å². The monoisotopic (exact) mass is 281 g/mol. The standard InChI is InChI=1S/C19H23NO/c1-21-15-2-3-18-16(7-15)17(11-20-18)19-8-12-4-13(9-19)6-14(5-12)10-19/h2-3,7,11-14,20H,4-6,8-10H2,1H3. The molecule has 0 aliphatic heterocycles. The Kier molecular flexibility index (Phi) is 2.34. The van der Waals surface area contributed by atoms with Gasteiger partial charge in [-0.3, -0.25) is 0 Å². The first-order valence-electron chi connectivity index (χ1n) is 8.41. The van der Waals surface area contributed by atoms with E-state index in [2.05, 4.69) is 29.4 Å². The first-order chi connectivity index (χ1) is 10.3. The van der Waals surface area contributed by atoms with Crippen molar-refractivity contribution in [3.05, 3.63) is 30.0 Å². The lowest BCUT2D eigenvalue weighted by atomic mass is 9.48. The van der Waals surface area contributed by atoms with Gasteiger partial charge >= 0.3 is 0 Å². The minimum absolute atomic E-state index is 0.458. The number of ether oxygens (including phenoxy) is 1. The van der Waals surface area contributed by atoms with Crippen LogP contribution in [0.2, 0.25) is 0 Å². The number of rotatable bonds is 2. The predicted molar refractivity (Wildman–Crippen MR) is 84.7 cm³/mol. The van der Waals surface area contributed by atoms with Crippen molar-refractivity contribution in [3.8, 4) is 5.75 Å². The molecular formula is C19H23NO. The molecule has 1 aromatic carbocycles. The van der Waals surface area contributed by atoms with E-state index in [-0.39, 0.29) is 0 Å². The predicted octanol–water partition coefficient (Wildman–Crippen LogP) is 4.64. The lowest BCUT2D eigenvalue weighted by Crippen LogP contribution is -2.48. The summed E-state index contributed by atoms with van der Waals surface area (Å²) in [5.74, 6) is 3.96. The van der Waals surface area contributed by atoms with Crippen molar-refractivity contribution >= 4 is 10.9 Å². The Balaban J connectivity index is 1.66. The SMILES string of the molecule is COc1ccc2[nH]cc(C34CC5CC(CC(C5)C3)C4)c2c1. The van der Waals surface area contributed by atoms with Gasteiger partial charge in [0.25, 0.3) is 0 Å². The molecule has 1 aromatic heterocycles. The van der Waals surface area contributed by atoms with Crippen LogP contribution in [-0.4, -0.2) is 12.1 Å². The molecule has 110 valence electrons. The molecule has 4 aliphatic carbocycles. The number of aromatic nitrogens is 1. The fourth-order valence-electron chi connectivity index (χ4n) is 6.11. The van der Waals surface area contributed by atoms with Gasteiger partial charge < -0.3 is 9.72 Å². The summed E-state index contributed by atoms with van der Waals surface area (Å²) >= 11 is 0. The summed E-state index contributed by atoms with van der Waals surface area (Å²) in [7, 11) is 1.76. The molecule has 2 heteroatoms. The molecule has 0 amide bonds. The number of aromatic amines is 1. The van der Waals surface area contributed by atoms with E-state index >= 15 is 0 Å². The summed E-state index contributed by atoms with van der Waals surface area (Å²) in [5, 5.41) is 1.40. The maximum atomic E-state index is 5.45. The summed E-state index contributed by atoms with van der Waals surface area (Å²) in [4.78, 5) is 3.51. The van der Waals surface area contributed by atoms with E-state index in [0.29, 0.717) is 5.41 Å². The van der Waals surface area contributed by atoms with Gasteiger partial charge in [0, 0.05) is 17.1 Å². The van der Waals surface area contributed by atoms with Crippen molar-refractivity contribution in [1.82, 2.24) is 4.98 Å². The van der Waals surface area contributed by atoms with Crippen molar-refractivity contribution in [3.63, 3.8) is 0 Å². The fourth-order valence-corrected chi connectivity index (χ4v) is 6.11. The molecule has 4 fully saturated rings. The topological polar surface area (TPSA) is 25.0 Å². The van der Waals surface area contributed by atoms with Crippen LogP contribution in [0.4, 0.5) is 0 Å². The Bertz CT molecular complexity index is 663. The number of nitrogens with one attached hydrogen (secondary N) is 1. The lowest BCUT2D eigenvalue weighted by molar-refractivity contribution is -0.00449. The summed E-state index contributed by atoms with van der Waals surface area (Å²) in [6.45, 7) is 0. The van der Waals surface area contributed by atoms with E-state index in [9.17, 15) is 0 Å². The molecule has 1 N–H and O–H groups in total. The van der Waals surface area contributed by atoms with E-state index in [0.717, 1.165) is 23.5 Å². The molecule has 0 atom stereocenters. The third kappa shape index (κ3) is 1.65. The molecule has 0 unspecified atom stereocenters. The van der Waals surface area contributed by atoms with Crippen LogP contribution in [0.1, 0.15) is 44.1 Å². The molecular weight excluding hydrogens is 258 g/mol. The van der Waals surface area contributed by atoms with Crippen LogP contribution in [0.25, 0.3) is 10.9 Å². The molecule has 21 heavy (non-hydrogen) atoms. The van der Waals surface area contributed by atoms with Gasteiger partial charge in [-0.2, -0.15) is 0 Å². The number of methoxy groups -OCH3 is 1. The van der Waals surface area contributed by atoms with Crippen LogP contribution in [0.15, 0.2) is 24.4 Å². The third-order valence-electron chi connectivity index (χ3n) is 6.50. The highest BCUT2D eigenvalue weighted by molar-refractivity contribution is 5.85. The van der Waals surface area contributed by atoms with E-state index in [1.54, 1.807) is 12.7 Å². The van der Waals surface area contributed by atoms with Crippen molar-refractivity contribution in [2.24, 2.45) is 17.8 Å². The second-order valence-corrected chi connectivity index (χ2v) is 7.81. The van der Waals surface area contributed by atoms with E-state index < -0.39 is 0 Å². The normalized spacial score (nSPS) is 37.3. The molecule has 0 radical (unpaired) electrons. The van der Waals surface area contributed by atoms with Gasteiger partial charge in [0.2, 0.25) is 0 Å². The zero-order chi connectivity index (χ0) is 14.0. The van der Waals surface area contributed by atoms with E-state index in [1.165, 1.54) is 49.4 Å². The van der Waals surface area contributed by atoms with Gasteiger partial charge in [-0.15, -0.1) is 0 Å². The van der Waals surface area contributed by atoms with Gasteiger partial charge in [0.15, 0.2) is 0 Å². The number of H-pyrrole nitrogens is 1. The highest BCUT2D eigenvalue weighted by Crippen LogP contribution is 2.61. The van der Waals surface area contributed by atoms with Crippen LogP contribution >= 0.6 is 0 Å². The van der Waals surface area contributed by atoms with E-state index in [4.69, 9.17) is 4.74 Å². The average Bonchev–Trinajstić information content (AvgIpc) is 2.89. The molecule has 4 aliphatic rings. The van der Waals surface area contributed by atoms with Crippen molar-refractivity contribution < 1.29 is 4.74 Å². The summed E-state index contributed by atoms with van der Waals surface area (Å²) in [6.07, 6.45) is 11.1. The molecule has 0 saturated heterocycles. The quantitative estimate of drug-likeness (QED) is 0.852. The molecule has 2 aromatic rings. The molecule has 4 saturated carbocycles. The van der Waals surface area contributed by atoms with Gasteiger partial charge in [-0.1, -0.05) is 0 Å². The Morgan fingerprint density at radius 1 is 1.05 bits per heavy atom. The van der Waals surface area contributed by atoms with Gasteiger partial charge in [-0.05, 0) is 85.5 Å². The maximum Gasteiger partial charge on any atom is 0.119 e. The molecule has 2 nitrogen and oxygen atoms in total. The summed E-state index contributed by atoms with van der Waals surface area (Å²) in [5.41, 5.74) is 3.30. The van der Waals surface area contributed by atoms with Gasteiger partial charge in [-0.25, -0.2) is 0 Å². The Morgan fingerprint density at radius 3 is 2.33 bits per heavy atom. The van der Waals surface area contributed by atoms with Gasteiger partial charge in [0.05, 0.1) is 7.11 Å².